The van der Waals surface area contributed by atoms with Crippen LogP contribution in [0.3, 0.4) is 0 Å². The maximum absolute atomic E-state index is 5.61. The lowest BCUT2D eigenvalue weighted by atomic mass is 10.1. The molecule has 0 saturated carbocycles. The van der Waals surface area contributed by atoms with E-state index in [2.05, 4.69) is 48.3 Å². The van der Waals surface area contributed by atoms with Crippen molar-refractivity contribution >= 4 is 5.69 Å². The molecule has 0 spiro atoms. The average molecular weight is 276 g/mol. The topological polar surface area (TPSA) is 24.5 Å². The van der Waals surface area contributed by atoms with Gasteiger partial charge in [-0.2, -0.15) is 0 Å². The van der Waals surface area contributed by atoms with E-state index in [1.54, 1.807) is 0 Å². The highest BCUT2D eigenvalue weighted by Crippen LogP contribution is 2.20. The van der Waals surface area contributed by atoms with Crippen LogP contribution in [-0.4, -0.2) is 37.2 Å². The molecule has 0 aromatic heterocycles. The van der Waals surface area contributed by atoms with E-state index in [0.717, 1.165) is 18.8 Å². The summed E-state index contributed by atoms with van der Waals surface area (Å²) < 4.78 is 5.61. The first-order valence-corrected chi connectivity index (χ1v) is 8.03. The quantitative estimate of drug-likeness (QED) is 0.856. The second-order valence-electron chi connectivity index (χ2n) is 5.58. The minimum atomic E-state index is 0.606. The van der Waals surface area contributed by atoms with Crippen molar-refractivity contribution in [2.45, 2.75) is 45.6 Å². The zero-order valence-corrected chi connectivity index (χ0v) is 12.9. The normalized spacial score (nSPS) is 20.4. The lowest BCUT2D eigenvalue weighted by Crippen LogP contribution is -2.26. The van der Waals surface area contributed by atoms with Gasteiger partial charge in [0.15, 0.2) is 0 Å². The van der Waals surface area contributed by atoms with E-state index in [-0.39, 0.29) is 0 Å². The van der Waals surface area contributed by atoms with Gasteiger partial charge in [-0.1, -0.05) is 13.8 Å². The molecule has 1 N–H and O–H groups in total. The maximum atomic E-state index is 5.61. The molecule has 1 aliphatic heterocycles. The van der Waals surface area contributed by atoms with Crippen molar-refractivity contribution in [3.63, 3.8) is 0 Å². The fraction of sp³-hybridized carbons (Fsp3) is 0.647. The Balaban J connectivity index is 1.83. The highest BCUT2D eigenvalue weighted by atomic mass is 16.5. The molecule has 3 nitrogen and oxygen atoms in total. The summed E-state index contributed by atoms with van der Waals surface area (Å²) in [5.74, 6) is 0.968. The van der Waals surface area contributed by atoms with Crippen LogP contribution in [0.1, 0.15) is 39.5 Å². The van der Waals surface area contributed by atoms with E-state index in [4.69, 9.17) is 4.74 Å². The zero-order valence-electron chi connectivity index (χ0n) is 12.9. The molecule has 1 unspecified atom stereocenters. The van der Waals surface area contributed by atoms with E-state index in [0.29, 0.717) is 6.04 Å². The van der Waals surface area contributed by atoms with Gasteiger partial charge < -0.3 is 15.0 Å². The second kappa shape index (κ2) is 8.15. The van der Waals surface area contributed by atoms with Crippen LogP contribution in [0.25, 0.3) is 0 Å². The van der Waals surface area contributed by atoms with Gasteiger partial charge in [0.1, 0.15) is 5.75 Å². The molecule has 3 heteroatoms. The molecule has 1 saturated heterocycles. The molecule has 0 amide bonds. The fourth-order valence-electron chi connectivity index (χ4n) is 2.72. The zero-order chi connectivity index (χ0) is 14.2. The molecule has 1 aromatic rings. The van der Waals surface area contributed by atoms with Crippen molar-refractivity contribution in [2.75, 3.05) is 31.6 Å². The van der Waals surface area contributed by atoms with Crippen molar-refractivity contribution in [2.24, 2.45) is 0 Å². The van der Waals surface area contributed by atoms with Crippen LogP contribution in [0.2, 0.25) is 0 Å². The summed E-state index contributed by atoms with van der Waals surface area (Å²) in [5.41, 5.74) is 1.21. The molecule has 1 atom stereocenters. The lowest BCUT2D eigenvalue weighted by Gasteiger charge is -2.19. The van der Waals surface area contributed by atoms with E-state index >= 15 is 0 Å². The second-order valence-corrected chi connectivity index (χ2v) is 5.58. The predicted octanol–water partition coefficient (Wildman–Crippen LogP) is 3.76. The predicted molar refractivity (Wildman–Crippen MR) is 85.6 cm³/mol. The summed E-state index contributed by atoms with van der Waals surface area (Å²) in [7, 11) is 0. The number of benzene rings is 1. The number of anilines is 1. The Hall–Kier alpha value is -1.22. The van der Waals surface area contributed by atoms with Gasteiger partial charge in [-0.15, -0.1) is 0 Å². The number of rotatable bonds is 6. The van der Waals surface area contributed by atoms with Crippen LogP contribution < -0.4 is 10.1 Å². The highest BCUT2D eigenvalue weighted by Gasteiger charge is 2.15. The number of hydrogen-bond acceptors (Lipinski definition) is 3. The Morgan fingerprint density at radius 2 is 1.95 bits per heavy atom. The van der Waals surface area contributed by atoms with Crippen LogP contribution in [0.15, 0.2) is 24.3 Å². The van der Waals surface area contributed by atoms with E-state index in [1.807, 2.05) is 0 Å². The fourth-order valence-corrected chi connectivity index (χ4v) is 2.72. The lowest BCUT2D eigenvalue weighted by molar-refractivity contribution is 0.300. The van der Waals surface area contributed by atoms with Gasteiger partial charge in [0, 0.05) is 18.3 Å². The first-order chi connectivity index (χ1) is 9.81. The third-order valence-corrected chi connectivity index (χ3v) is 3.97. The Morgan fingerprint density at radius 3 is 2.65 bits per heavy atom. The number of ether oxygens (including phenoxy) is 1. The van der Waals surface area contributed by atoms with Gasteiger partial charge in [-0.25, -0.2) is 0 Å². The number of hydrogen-bond donors (Lipinski definition) is 1. The molecular formula is C17H28N2O. The van der Waals surface area contributed by atoms with Crippen LogP contribution in [0, 0.1) is 0 Å². The summed E-state index contributed by atoms with van der Waals surface area (Å²) in [6.07, 6.45) is 4.85. The van der Waals surface area contributed by atoms with Crippen molar-refractivity contribution in [3.8, 4) is 5.75 Å². The summed E-state index contributed by atoms with van der Waals surface area (Å²) in [4.78, 5) is 2.55. The SMILES string of the molecule is CCCOc1ccc(NC2CCCN(CC)CC2)cc1. The molecule has 1 aromatic carbocycles. The molecule has 2 rings (SSSR count). The van der Waals surface area contributed by atoms with Crippen molar-refractivity contribution in [3.05, 3.63) is 24.3 Å². The summed E-state index contributed by atoms with van der Waals surface area (Å²) in [6.45, 7) is 8.81. The molecule has 20 heavy (non-hydrogen) atoms. The molecular weight excluding hydrogens is 248 g/mol. The van der Waals surface area contributed by atoms with Crippen LogP contribution in [0.5, 0.6) is 5.75 Å². The summed E-state index contributed by atoms with van der Waals surface area (Å²) in [5, 5.41) is 3.67. The molecule has 112 valence electrons. The third-order valence-electron chi connectivity index (χ3n) is 3.97. The van der Waals surface area contributed by atoms with Crippen LogP contribution in [-0.2, 0) is 0 Å². The van der Waals surface area contributed by atoms with E-state index in [9.17, 15) is 0 Å². The van der Waals surface area contributed by atoms with Crippen molar-refractivity contribution in [1.29, 1.82) is 0 Å². The largest absolute Gasteiger partial charge is 0.494 e. The standard InChI is InChI=1S/C17H28N2O/c1-3-14-20-17-9-7-16(8-10-17)18-15-6-5-12-19(4-2)13-11-15/h7-10,15,18H,3-6,11-14H2,1-2H3. The van der Waals surface area contributed by atoms with Gasteiger partial charge in [0.2, 0.25) is 0 Å². The smallest absolute Gasteiger partial charge is 0.119 e. The number of nitrogens with one attached hydrogen (secondary N) is 1. The first kappa shape index (κ1) is 15.2. The Labute approximate surface area is 123 Å². The molecule has 1 fully saturated rings. The van der Waals surface area contributed by atoms with Gasteiger partial charge in [0.05, 0.1) is 6.61 Å². The van der Waals surface area contributed by atoms with E-state index < -0.39 is 0 Å². The van der Waals surface area contributed by atoms with Crippen molar-refractivity contribution in [1.82, 2.24) is 4.90 Å². The molecule has 0 radical (unpaired) electrons. The highest BCUT2D eigenvalue weighted by molar-refractivity contribution is 5.47. The number of nitrogens with zero attached hydrogens (tertiary/aromatic N) is 1. The van der Waals surface area contributed by atoms with Gasteiger partial charge in [-0.3, -0.25) is 0 Å². The van der Waals surface area contributed by atoms with Crippen molar-refractivity contribution < 1.29 is 4.74 Å². The minimum absolute atomic E-state index is 0.606. The molecule has 0 bridgehead atoms. The summed E-state index contributed by atoms with van der Waals surface area (Å²) in [6, 6.07) is 9.00. The summed E-state index contributed by atoms with van der Waals surface area (Å²) >= 11 is 0. The van der Waals surface area contributed by atoms with Gasteiger partial charge in [-0.05, 0) is 63.0 Å². The minimum Gasteiger partial charge on any atom is -0.494 e. The Morgan fingerprint density at radius 1 is 1.15 bits per heavy atom. The van der Waals surface area contributed by atoms with Gasteiger partial charge >= 0.3 is 0 Å². The first-order valence-electron chi connectivity index (χ1n) is 8.03. The molecule has 0 aliphatic carbocycles. The maximum Gasteiger partial charge on any atom is 0.119 e. The Bertz CT molecular complexity index is 377. The van der Waals surface area contributed by atoms with Gasteiger partial charge in [0.25, 0.3) is 0 Å². The molecule has 1 heterocycles. The monoisotopic (exact) mass is 276 g/mol. The van der Waals surface area contributed by atoms with Crippen LogP contribution in [0.4, 0.5) is 5.69 Å². The van der Waals surface area contributed by atoms with Crippen LogP contribution >= 0.6 is 0 Å². The average Bonchev–Trinajstić information content (AvgIpc) is 2.72. The molecule has 1 aliphatic rings. The van der Waals surface area contributed by atoms with E-state index in [1.165, 1.54) is 44.6 Å². The number of likely N-dealkylation sites (tertiary alicyclic amines) is 1. The third kappa shape index (κ3) is 4.71. The Kier molecular flexibility index (Phi) is 6.19.